The summed E-state index contributed by atoms with van der Waals surface area (Å²) in [5.74, 6) is -0.160. The van der Waals surface area contributed by atoms with E-state index in [1.807, 2.05) is 93.3 Å². The number of hydrogen-bond donors (Lipinski definition) is 1. The number of benzene rings is 2. The van der Waals surface area contributed by atoms with Gasteiger partial charge in [0.15, 0.2) is 0 Å². The summed E-state index contributed by atoms with van der Waals surface area (Å²) in [6.45, 7) is 8.00. The van der Waals surface area contributed by atoms with Gasteiger partial charge >= 0.3 is 5.69 Å². The van der Waals surface area contributed by atoms with Crippen LogP contribution in [-0.4, -0.2) is 14.8 Å². The fourth-order valence-electron chi connectivity index (χ4n) is 2.04. The van der Waals surface area contributed by atoms with Gasteiger partial charge in [0.2, 0.25) is 0 Å². The maximum absolute atomic E-state index is 10.5. The van der Waals surface area contributed by atoms with E-state index in [9.17, 15) is 14.9 Å². The molecule has 3 aromatic rings. The van der Waals surface area contributed by atoms with E-state index in [0.29, 0.717) is 0 Å². The van der Waals surface area contributed by atoms with Crippen molar-refractivity contribution in [1.82, 2.24) is 14.8 Å². The molecule has 3 rings (SSSR count). The highest BCUT2D eigenvalue weighted by atomic mass is 16.2. The first-order chi connectivity index (χ1) is 13.6. The highest BCUT2D eigenvalue weighted by Crippen LogP contribution is 2.22. The normalized spacial score (nSPS) is 8.75. The van der Waals surface area contributed by atoms with Gasteiger partial charge < -0.3 is 0 Å². The third-order valence-corrected chi connectivity index (χ3v) is 3.27. The molecular formula is C22H28N4O2. The van der Waals surface area contributed by atoms with Crippen LogP contribution in [0.15, 0.2) is 76.4 Å². The van der Waals surface area contributed by atoms with Crippen LogP contribution in [0.25, 0.3) is 0 Å². The molecule has 0 unspecified atom stereocenters. The molecule has 0 fully saturated rings. The van der Waals surface area contributed by atoms with Gasteiger partial charge in [-0.15, -0.1) is 0 Å². The largest absolute Gasteiger partial charge is 0.344 e. The lowest BCUT2D eigenvalue weighted by Gasteiger charge is -2.08. The van der Waals surface area contributed by atoms with Crippen molar-refractivity contribution in [1.29, 1.82) is 5.26 Å². The molecule has 6 heteroatoms. The lowest BCUT2D eigenvalue weighted by atomic mass is 9.93. The van der Waals surface area contributed by atoms with E-state index in [4.69, 9.17) is 0 Å². The number of hydrogen-bond acceptors (Lipinski definition) is 4. The Bertz CT molecular complexity index is 887. The monoisotopic (exact) mass is 380 g/mol. The van der Waals surface area contributed by atoms with Crippen LogP contribution in [0.2, 0.25) is 0 Å². The molecular weight excluding hydrogens is 352 g/mol. The molecule has 2 aromatic carbocycles. The molecule has 6 nitrogen and oxygen atoms in total. The fourth-order valence-corrected chi connectivity index (χ4v) is 2.04. The number of rotatable bonds is 2. The first kappa shape index (κ1) is 24.5. The minimum Gasteiger partial charge on any atom is -0.271 e. The topological polar surface area (TPSA) is 91.5 Å². The smallest absolute Gasteiger partial charge is 0.271 e. The van der Waals surface area contributed by atoms with Gasteiger partial charge in [-0.2, -0.15) is 10.4 Å². The van der Waals surface area contributed by atoms with Crippen LogP contribution in [-0.2, 0) is 7.05 Å². The first-order valence-electron chi connectivity index (χ1n) is 9.24. The van der Waals surface area contributed by atoms with Gasteiger partial charge in [-0.1, -0.05) is 88.4 Å². The van der Waals surface area contributed by atoms with Gasteiger partial charge in [0.1, 0.15) is 6.20 Å². The molecule has 0 aliphatic rings. The van der Waals surface area contributed by atoms with E-state index in [0.717, 1.165) is 22.0 Å². The van der Waals surface area contributed by atoms with Gasteiger partial charge in [0, 0.05) is 7.05 Å². The number of nitriles is 1. The average molecular weight is 380 g/mol. The summed E-state index contributed by atoms with van der Waals surface area (Å²) in [5, 5.41) is 12.6. The number of aromatic amines is 1. The van der Waals surface area contributed by atoms with E-state index >= 15 is 0 Å². The van der Waals surface area contributed by atoms with Crippen LogP contribution in [0.1, 0.15) is 44.7 Å². The van der Waals surface area contributed by atoms with Crippen LogP contribution in [0.5, 0.6) is 0 Å². The SMILES string of the molecule is CC.CC.Cn1ncc(=O)[nH]c1=O.N#CC(c1ccccc1)c1ccccc1. The highest BCUT2D eigenvalue weighted by Gasteiger charge is 2.11. The Hall–Kier alpha value is -3.46. The predicted molar refractivity (Wildman–Crippen MR) is 113 cm³/mol. The van der Waals surface area contributed by atoms with Crippen molar-refractivity contribution in [2.24, 2.45) is 7.05 Å². The molecule has 0 saturated heterocycles. The van der Waals surface area contributed by atoms with Gasteiger partial charge in [-0.25, -0.2) is 9.48 Å². The van der Waals surface area contributed by atoms with Crippen LogP contribution < -0.4 is 11.2 Å². The second kappa shape index (κ2) is 14.7. The molecule has 0 spiro atoms. The van der Waals surface area contributed by atoms with Crippen molar-refractivity contribution in [3.63, 3.8) is 0 Å². The standard InChI is InChI=1S/C14H11N.C4H5N3O2.2C2H6/c15-11-14(12-7-3-1-4-8-12)13-9-5-2-6-10-13;1-7-4(9)6-3(8)2-5-7;2*1-2/h1-10,14H;2H,1H3,(H,6,8,9);2*1-2H3. The molecule has 0 saturated carbocycles. The van der Waals surface area contributed by atoms with Crippen molar-refractivity contribution in [2.45, 2.75) is 33.6 Å². The Morgan fingerprint density at radius 1 is 0.893 bits per heavy atom. The zero-order chi connectivity index (χ0) is 21.4. The minimum absolute atomic E-state index is 0.160. The molecule has 148 valence electrons. The third kappa shape index (κ3) is 8.28. The van der Waals surface area contributed by atoms with Crippen molar-refractivity contribution in [3.05, 3.63) is 98.8 Å². The molecule has 0 aliphatic heterocycles. The maximum atomic E-state index is 10.5. The molecule has 1 heterocycles. The van der Waals surface area contributed by atoms with Crippen molar-refractivity contribution in [2.75, 3.05) is 0 Å². The molecule has 0 radical (unpaired) electrons. The minimum atomic E-state index is -0.498. The van der Waals surface area contributed by atoms with Crippen LogP contribution in [0.4, 0.5) is 0 Å². The number of nitrogens with zero attached hydrogens (tertiary/aromatic N) is 3. The van der Waals surface area contributed by atoms with Crippen LogP contribution >= 0.6 is 0 Å². The van der Waals surface area contributed by atoms with Gasteiger partial charge in [-0.05, 0) is 11.1 Å². The number of nitrogens with one attached hydrogen (secondary N) is 1. The van der Waals surface area contributed by atoms with E-state index in [-0.39, 0.29) is 5.92 Å². The Morgan fingerprint density at radius 3 is 1.64 bits per heavy atom. The third-order valence-electron chi connectivity index (χ3n) is 3.27. The fraction of sp³-hybridized carbons (Fsp3) is 0.273. The summed E-state index contributed by atoms with van der Waals surface area (Å²) in [6.07, 6.45) is 1.04. The second-order valence-corrected chi connectivity index (χ2v) is 4.95. The van der Waals surface area contributed by atoms with Crippen molar-refractivity contribution < 1.29 is 0 Å². The summed E-state index contributed by atoms with van der Waals surface area (Å²) < 4.78 is 1.04. The van der Waals surface area contributed by atoms with E-state index in [2.05, 4.69) is 11.2 Å². The van der Waals surface area contributed by atoms with E-state index in [1.54, 1.807) is 0 Å². The molecule has 1 N–H and O–H groups in total. The van der Waals surface area contributed by atoms with Crippen LogP contribution in [0, 0.1) is 11.3 Å². The maximum Gasteiger partial charge on any atom is 0.344 e. The Morgan fingerprint density at radius 2 is 1.32 bits per heavy atom. The lowest BCUT2D eigenvalue weighted by Crippen LogP contribution is -2.29. The Kier molecular flexibility index (Phi) is 12.9. The van der Waals surface area contributed by atoms with Crippen molar-refractivity contribution in [3.8, 4) is 6.07 Å². The van der Waals surface area contributed by atoms with Gasteiger partial charge in [0.25, 0.3) is 5.56 Å². The summed E-state index contributed by atoms with van der Waals surface area (Å²) in [6, 6.07) is 22.0. The zero-order valence-electron chi connectivity index (χ0n) is 17.1. The van der Waals surface area contributed by atoms with E-state index in [1.165, 1.54) is 7.05 Å². The molecule has 1 aromatic heterocycles. The van der Waals surface area contributed by atoms with Gasteiger partial charge in [0.05, 0.1) is 12.0 Å². The Balaban J connectivity index is 0.000000481. The summed E-state index contributed by atoms with van der Waals surface area (Å²) in [7, 11) is 1.46. The molecule has 0 aliphatic carbocycles. The summed E-state index contributed by atoms with van der Waals surface area (Å²) >= 11 is 0. The molecule has 28 heavy (non-hydrogen) atoms. The first-order valence-corrected chi connectivity index (χ1v) is 9.24. The van der Waals surface area contributed by atoms with E-state index < -0.39 is 11.2 Å². The van der Waals surface area contributed by atoms with Gasteiger partial charge in [-0.3, -0.25) is 9.78 Å². The lowest BCUT2D eigenvalue weighted by molar-refractivity contribution is 0.665. The summed E-state index contributed by atoms with van der Waals surface area (Å²) in [4.78, 5) is 22.8. The van der Waals surface area contributed by atoms with Crippen molar-refractivity contribution >= 4 is 0 Å². The number of aromatic nitrogens is 3. The molecule has 0 atom stereocenters. The zero-order valence-corrected chi connectivity index (χ0v) is 17.1. The summed E-state index contributed by atoms with van der Waals surface area (Å²) in [5.41, 5.74) is 1.12. The quantitative estimate of drug-likeness (QED) is 0.731. The average Bonchev–Trinajstić information content (AvgIpc) is 2.76. The predicted octanol–water partition coefficient (Wildman–Crippen LogP) is 3.86. The number of H-pyrrole nitrogens is 1. The van der Waals surface area contributed by atoms with Crippen LogP contribution in [0.3, 0.4) is 0 Å². The molecule has 0 bridgehead atoms. The Labute approximate surface area is 166 Å². The second-order valence-electron chi connectivity index (χ2n) is 4.95. The highest BCUT2D eigenvalue weighted by molar-refractivity contribution is 5.37. The molecule has 0 amide bonds. The number of aryl methyl sites for hydroxylation is 1.